The van der Waals surface area contributed by atoms with E-state index in [1.165, 1.54) is 25.7 Å². The van der Waals surface area contributed by atoms with Gasteiger partial charge in [-0.1, -0.05) is 6.92 Å². The third-order valence-electron chi connectivity index (χ3n) is 9.25. The first-order valence-electron chi connectivity index (χ1n) is 11.7. The molecular weight excluding hydrogens is 386 g/mol. The van der Waals surface area contributed by atoms with Crippen molar-refractivity contribution in [2.45, 2.75) is 76.9 Å². The Morgan fingerprint density at radius 1 is 1.00 bits per heavy atom. The molecule has 4 saturated carbocycles. The number of ether oxygens (including phenoxy) is 2. The Bertz CT molecular complexity index is 723. The van der Waals surface area contributed by atoms with Crippen molar-refractivity contribution in [3.8, 4) is 0 Å². The van der Waals surface area contributed by atoms with Crippen LogP contribution in [-0.2, 0) is 19.1 Å². The summed E-state index contributed by atoms with van der Waals surface area (Å²) in [6.07, 6.45) is 8.88. The SMILES string of the molecule is CC12CCC3C4CCC(OC(=O)N5CC(=O)OC(=O)C5)CC4CCC3C1CCC2O. The predicted octanol–water partition coefficient (Wildman–Crippen LogP) is 2.89. The zero-order chi connectivity index (χ0) is 21.0. The number of aliphatic hydroxyl groups is 1. The van der Waals surface area contributed by atoms with Crippen LogP contribution in [0.3, 0.4) is 0 Å². The van der Waals surface area contributed by atoms with Crippen LogP contribution in [0.4, 0.5) is 4.79 Å². The van der Waals surface area contributed by atoms with Gasteiger partial charge in [0.25, 0.3) is 0 Å². The topological polar surface area (TPSA) is 93.1 Å². The first kappa shape index (κ1) is 20.3. The Morgan fingerprint density at radius 2 is 1.73 bits per heavy atom. The first-order chi connectivity index (χ1) is 14.3. The highest BCUT2D eigenvalue weighted by Crippen LogP contribution is 2.62. The second-order valence-electron chi connectivity index (χ2n) is 10.6. The van der Waals surface area contributed by atoms with E-state index in [1.807, 2.05) is 0 Å². The lowest BCUT2D eigenvalue weighted by atomic mass is 9.50. The molecule has 0 spiro atoms. The summed E-state index contributed by atoms with van der Waals surface area (Å²) < 4.78 is 10.2. The Kier molecular flexibility index (Phi) is 5.07. The summed E-state index contributed by atoms with van der Waals surface area (Å²) >= 11 is 0. The van der Waals surface area contributed by atoms with Crippen LogP contribution < -0.4 is 0 Å². The van der Waals surface area contributed by atoms with Crippen LogP contribution in [0, 0.1) is 35.0 Å². The average molecular weight is 420 g/mol. The molecule has 7 nitrogen and oxygen atoms in total. The molecule has 0 bridgehead atoms. The molecular formula is C23H33NO6. The van der Waals surface area contributed by atoms with Crippen molar-refractivity contribution >= 4 is 18.0 Å². The van der Waals surface area contributed by atoms with Crippen molar-refractivity contribution in [2.75, 3.05) is 13.1 Å². The fourth-order valence-corrected chi connectivity index (χ4v) is 7.79. The lowest BCUT2D eigenvalue weighted by molar-refractivity contribution is -0.166. The summed E-state index contributed by atoms with van der Waals surface area (Å²) in [5.74, 6) is 2.04. The number of morpholine rings is 1. The molecule has 5 rings (SSSR count). The van der Waals surface area contributed by atoms with E-state index < -0.39 is 18.0 Å². The fourth-order valence-electron chi connectivity index (χ4n) is 7.79. The lowest BCUT2D eigenvalue weighted by Gasteiger charge is -2.55. The van der Waals surface area contributed by atoms with Crippen LogP contribution in [0.5, 0.6) is 0 Å². The third kappa shape index (κ3) is 3.33. The second-order valence-corrected chi connectivity index (χ2v) is 10.6. The zero-order valence-electron chi connectivity index (χ0n) is 17.8. The second kappa shape index (κ2) is 7.50. The highest BCUT2D eigenvalue weighted by atomic mass is 16.6. The average Bonchev–Trinajstić information content (AvgIpc) is 3.01. The van der Waals surface area contributed by atoms with Gasteiger partial charge in [-0.2, -0.15) is 0 Å². The van der Waals surface area contributed by atoms with Gasteiger partial charge in [0, 0.05) is 0 Å². The predicted molar refractivity (Wildman–Crippen MR) is 106 cm³/mol. The molecule has 8 atom stereocenters. The third-order valence-corrected chi connectivity index (χ3v) is 9.25. The molecule has 1 heterocycles. The Hall–Kier alpha value is -1.63. The van der Waals surface area contributed by atoms with Gasteiger partial charge in [0.1, 0.15) is 19.2 Å². The van der Waals surface area contributed by atoms with Gasteiger partial charge in [-0.05, 0) is 92.8 Å². The summed E-state index contributed by atoms with van der Waals surface area (Å²) in [5.41, 5.74) is 0.119. The van der Waals surface area contributed by atoms with E-state index in [1.54, 1.807) is 0 Å². The normalized spacial score (nSPS) is 45.8. The summed E-state index contributed by atoms with van der Waals surface area (Å²) in [6, 6.07) is 0. The smallest absolute Gasteiger partial charge is 0.411 e. The van der Waals surface area contributed by atoms with E-state index in [4.69, 9.17) is 4.74 Å². The van der Waals surface area contributed by atoms with Crippen LogP contribution >= 0.6 is 0 Å². The van der Waals surface area contributed by atoms with Crippen LogP contribution in [-0.4, -0.2) is 53.3 Å². The maximum Gasteiger partial charge on any atom is 0.411 e. The Balaban J connectivity index is 1.20. The number of hydrogen-bond acceptors (Lipinski definition) is 6. The van der Waals surface area contributed by atoms with Crippen LogP contribution in [0.25, 0.3) is 0 Å². The standard InChI is InChI=1S/C23H33NO6/c1-23-9-8-16-15-5-3-14(29-22(28)24-11-20(26)30-21(27)12-24)10-13(15)2-4-17(16)18(23)6-7-19(23)25/h13-19,25H,2-12H2,1H3. The van der Waals surface area contributed by atoms with Crippen molar-refractivity contribution in [1.82, 2.24) is 4.90 Å². The molecule has 5 fully saturated rings. The molecule has 0 aromatic carbocycles. The maximum atomic E-state index is 12.5. The highest BCUT2D eigenvalue weighted by molar-refractivity contribution is 5.93. The van der Waals surface area contributed by atoms with Gasteiger partial charge < -0.3 is 14.6 Å². The number of fused-ring (bicyclic) bond motifs is 5. The molecule has 0 aromatic heterocycles. The lowest BCUT2D eigenvalue weighted by Crippen LogP contribution is -2.50. The number of rotatable bonds is 1. The van der Waals surface area contributed by atoms with Gasteiger partial charge in [0.2, 0.25) is 0 Å². The minimum Gasteiger partial charge on any atom is -0.446 e. The van der Waals surface area contributed by atoms with Crippen LogP contribution in [0.15, 0.2) is 0 Å². The molecule has 0 radical (unpaired) electrons. The molecule has 1 saturated heterocycles. The maximum absolute atomic E-state index is 12.5. The number of nitrogens with zero attached hydrogens (tertiary/aromatic N) is 1. The first-order valence-corrected chi connectivity index (χ1v) is 11.7. The summed E-state index contributed by atoms with van der Waals surface area (Å²) in [5, 5.41) is 10.6. The van der Waals surface area contributed by atoms with E-state index in [9.17, 15) is 19.5 Å². The molecule has 166 valence electrons. The largest absolute Gasteiger partial charge is 0.446 e. The number of carbonyl (C=O) groups excluding carboxylic acids is 3. The molecule has 7 heteroatoms. The molecule has 5 aliphatic rings. The van der Waals surface area contributed by atoms with Crippen molar-refractivity contribution in [2.24, 2.45) is 35.0 Å². The summed E-state index contributed by atoms with van der Waals surface area (Å²) in [7, 11) is 0. The monoisotopic (exact) mass is 419 g/mol. The highest BCUT2D eigenvalue weighted by Gasteiger charge is 2.56. The number of amides is 1. The van der Waals surface area contributed by atoms with Gasteiger partial charge in [0.05, 0.1) is 6.10 Å². The summed E-state index contributed by atoms with van der Waals surface area (Å²) in [4.78, 5) is 36.4. The minimum atomic E-state index is -0.702. The van der Waals surface area contributed by atoms with E-state index in [0.29, 0.717) is 17.8 Å². The number of carbonyl (C=O) groups is 3. The van der Waals surface area contributed by atoms with Gasteiger partial charge in [0.15, 0.2) is 0 Å². The molecule has 8 unspecified atom stereocenters. The summed E-state index contributed by atoms with van der Waals surface area (Å²) in [6.45, 7) is 1.87. The van der Waals surface area contributed by atoms with Gasteiger partial charge >= 0.3 is 18.0 Å². The number of aliphatic hydroxyl groups excluding tert-OH is 1. The quantitative estimate of drug-likeness (QED) is 0.519. The van der Waals surface area contributed by atoms with Crippen molar-refractivity contribution in [3.63, 3.8) is 0 Å². The van der Waals surface area contributed by atoms with Gasteiger partial charge in [-0.15, -0.1) is 0 Å². The molecule has 1 amide bonds. The molecule has 1 N–H and O–H groups in total. The fraction of sp³-hybridized carbons (Fsp3) is 0.870. The van der Waals surface area contributed by atoms with E-state index in [0.717, 1.165) is 48.8 Å². The molecule has 1 aliphatic heterocycles. The molecule has 4 aliphatic carbocycles. The Labute approximate surface area is 177 Å². The van der Waals surface area contributed by atoms with E-state index in [2.05, 4.69) is 11.7 Å². The number of cyclic esters (lactones) is 2. The van der Waals surface area contributed by atoms with Crippen molar-refractivity contribution in [1.29, 1.82) is 0 Å². The number of esters is 2. The van der Waals surface area contributed by atoms with Gasteiger partial charge in [-0.3, -0.25) is 4.90 Å². The van der Waals surface area contributed by atoms with Crippen LogP contribution in [0.1, 0.15) is 64.7 Å². The van der Waals surface area contributed by atoms with Gasteiger partial charge in [-0.25, -0.2) is 14.4 Å². The van der Waals surface area contributed by atoms with Crippen molar-refractivity contribution < 1.29 is 29.0 Å². The van der Waals surface area contributed by atoms with Crippen LogP contribution in [0.2, 0.25) is 0 Å². The number of hydrogen-bond donors (Lipinski definition) is 1. The van der Waals surface area contributed by atoms with Crippen molar-refractivity contribution in [3.05, 3.63) is 0 Å². The molecule has 30 heavy (non-hydrogen) atoms. The van der Waals surface area contributed by atoms with E-state index >= 15 is 0 Å². The molecule has 0 aromatic rings. The zero-order valence-corrected chi connectivity index (χ0v) is 17.8. The van der Waals surface area contributed by atoms with E-state index in [-0.39, 0.29) is 30.7 Å². The minimum absolute atomic E-state index is 0.119. The Morgan fingerprint density at radius 3 is 2.50 bits per heavy atom.